The van der Waals surface area contributed by atoms with E-state index in [2.05, 4.69) is 11.4 Å². The summed E-state index contributed by atoms with van der Waals surface area (Å²) in [7, 11) is -3.71. The highest BCUT2D eigenvalue weighted by Gasteiger charge is 2.44. The molecule has 12 heteroatoms. The van der Waals surface area contributed by atoms with Gasteiger partial charge in [-0.2, -0.15) is 22.3 Å². The Bertz CT molecular complexity index is 1180. The lowest BCUT2D eigenvalue weighted by molar-refractivity contribution is -0.143. The zero-order valence-corrected chi connectivity index (χ0v) is 22.9. The first kappa shape index (κ1) is 27.3. The number of halogens is 1. The Labute approximate surface area is 229 Å². The number of amides is 2. The molecule has 0 aliphatic carbocycles. The highest BCUT2D eigenvalue weighted by Crippen LogP contribution is 2.31. The SMILES string of the molecule is N#CC1CN(S(=O)(=O)N2CCC[C@H](C(=O)N3CCC[C@@H]3C(=O)NC(c3ccc(Cl)cc3)C3CCCO3)C2)C1. The van der Waals surface area contributed by atoms with Crippen LogP contribution in [0.5, 0.6) is 0 Å². The average Bonchev–Trinajstić information content (AvgIpc) is 3.59. The van der Waals surface area contributed by atoms with Crippen LogP contribution in [-0.2, 0) is 24.5 Å². The highest BCUT2D eigenvalue weighted by atomic mass is 35.5. The lowest BCUT2D eigenvalue weighted by atomic mass is 9.97. The number of nitrogens with one attached hydrogen (secondary N) is 1. The molecule has 1 aromatic carbocycles. The van der Waals surface area contributed by atoms with Crippen LogP contribution >= 0.6 is 11.6 Å². The predicted octanol–water partition coefficient (Wildman–Crippen LogP) is 2.08. The fourth-order valence-electron chi connectivity index (χ4n) is 5.94. The summed E-state index contributed by atoms with van der Waals surface area (Å²) in [6.45, 7) is 1.97. The summed E-state index contributed by atoms with van der Waals surface area (Å²) in [6, 6.07) is 8.51. The standard InChI is InChI=1S/C26H34ClN5O5S/c27-21-9-7-19(8-10-21)24(23-6-3-13-37-23)29-25(33)22-5-2-12-32(22)26(34)20-4-1-11-30(17-20)38(35,36)31-15-18(14-28)16-31/h7-10,18,20,22-24H,1-6,11-13,15-17H2,(H,29,33)/t20-,22+,23?,24?/m0/s1. The van der Waals surface area contributed by atoms with Crippen LogP contribution in [0, 0.1) is 23.2 Å². The second-order valence-electron chi connectivity index (χ2n) is 10.6. The van der Waals surface area contributed by atoms with E-state index in [1.165, 1.54) is 8.61 Å². The van der Waals surface area contributed by atoms with Crippen molar-refractivity contribution in [2.75, 3.05) is 39.3 Å². The molecule has 38 heavy (non-hydrogen) atoms. The van der Waals surface area contributed by atoms with Crippen LogP contribution in [0.3, 0.4) is 0 Å². The molecule has 0 aromatic heterocycles. The second-order valence-corrected chi connectivity index (χ2v) is 13.0. The Morgan fingerprint density at radius 1 is 1.03 bits per heavy atom. The molecule has 4 fully saturated rings. The van der Waals surface area contributed by atoms with Gasteiger partial charge in [0.2, 0.25) is 11.8 Å². The van der Waals surface area contributed by atoms with Crippen molar-refractivity contribution in [1.29, 1.82) is 5.26 Å². The van der Waals surface area contributed by atoms with Gasteiger partial charge in [0.15, 0.2) is 0 Å². The molecule has 206 valence electrons. The third-order valence-electron chi connectivity index (χ3n) is 8.12. The molecule has 1 N–H and O–H groups in total. The average molecular weight is 564 g/mol. The van der Waals surface area contributed by atoms with Crippen LogP contribution in [0.1, 0.15) is 50.1 Å². The Hall–Kier alpha value is -2.23. The lowest BCUT2D eigenvalue weighted by Gasteiger charge is -2.41. The number of nitrogens with zero attached hydrogens (tertiary/aromatic N) is 4. The number of piperidine rings is 1. The van der Waals surface area contributed by atoms with Gasteiger partial charge in [0.25, 0.3) is 10.2 Å². The van der Waals surface area contributed by atoms with E-state index in [0.29, 0.717) is 50.4 Å². The van der Waals surface area contributed by atoms with Crippen LogP contribution in [0.25, 0.3) is 0 Å². The molecule has 2 amide bonds. The van der Waals surface area contributed by atoms with Gasteiger partial charge in [0.1, 0.15) is 6.04 Å². The van der Waals surface area contributed by atoms with Crippen LogP contribution < -0.4 is 5.32 Å². The zero-order chi connectivity index (χ0) is 26.9. The van der Waals surface area contributed by atoms with Gasteiger partial charge in [0, 0.05) is 44.4 Å². The number of likely N-dealkylation sites (tertiary alicyclic amines) is 1. The van der Waals surface area contributed by atoms with Crippen molar-refractivity contribution in [3.63, 3.8) is 0 Å². The molecular formula is C26H34ClN5O5S. The summed E-state index contributed by atoms with van der Waals surface area (Å²) in [4.78, 5) is 28.8. The maximum Gasteiger partial charge on any atom is 0.282 e. The van der Waals surface area contributed by atoms with Crippen LogP contribution in [0.4, 0.5) is 0 Å². The summed E-state index contributed by atoms with van der Waals surface area (Å²) in [5.41, 5.74) is 0.906. The van der Waals surface area contributed by atoms with E-state index in [9.17, 15) is 18.0 Å². The van der Waals surface area contributed by atoms with E-state index in [1.54, 1.807) is 17.0 Å². The molecule has 10 nitrogen and oxygen atoms in total. The van der Waals surface area contributed by atoms with E-state index < -0.39 is 22.2 Å². The van der Waals surface area contributed by atoms with Crippen molar-refractivity contribution < 1.29 is 22.7 Å². The van der Waals surface area contributed by atoms with E-state index in [4.69, 9.17) is 21.6 Å². The minimum absolute atomic E-state index is 0.100. The third-order valence-corrected chi connectivity index (χ3v) is 10.3. The number of rotatable bonds is 7. The smallest absolute Gasteiger partial charge is 0.282 e. The largest absolute Gasteiger partial charge is 0.376 e. The van der Waals surface area contributed by atoms with Crippen molar-refractivity contribution >= 4 is 33.6 Å². The Balaban J connectivity index is 1.25. The molecule has 2 unspecified atom stereocenters. The van der Waals surface area contributed by atoms with E-state index in [-0.39, 0.29) is 49.5 Å². The molecule has 0 radical (unpaired) electrons. The van der Waals surface area contributed by atoms with E-state index in [1.807, 2.05) is 12.1 Å². The van der Waals surface area contributed by atoms with Crippen molar-refractivity contribution in [3.05, 3.63) is 34.9 Å². The number of hydrogen-bond acceptors (Lipinski definition) is 6. The quantitative estimate of drug-likeness (QED) is 0.542. The molecule has 4 heterocycles. The number of carbonyl (C=O) groups is 2. The van der Waals surface area contributed by atoms with Gasteiger partial charge < -0.3 is 15.0 Å². The van der Waals surface area contributed by atoms with Crippen molar-refractivity contribution in [1.82, 2.24) is 18.8 Å². The van der Waals surface area contributed by atoms with Gasteiger partial charge in [-0.1, -0.05) is 23.7 Å². The fourth-order valence-corrected chi connectivity index (χ4v) is 7.86. The Morgan fingerprint density at radius 3 is 2.45 bits per heavy atom. The zero-order valence-electron chi connectivity index (χ0n) is 21.3. The van der Waals surface area contributed by atoms with Crippen LogP contribution in [0.2, 0.25) is 5.02 Å². The molecule has 4 aliphatic heterocycles. The predicted molar refractivity (Wildman–Crippen MR) is 140 cm³/mol. The third kappa shape index (κ3) is 5.56. The number of benzene rings is 1. The lowest BCUT2D eigenvalue weighted by Crippen LogP contribution is -2.57. The molecule has 0 bridgehead atoms. The van der Waals surface area contributed by atoms with Gasteiger partial charge >= 0.3 is 0 Å². The van der Waals surface area contributed by atoms with Crippen molar-refractivity contribution in [2.24, 2.45) is 11.8 Å². The molecule has 5 rings (SSSR count). The van der Waals surface area contributed by atoms with Gasteiger partial charge in [-0.05, 0) is 56.2 Å². The number of hydrogen-bond donors (Lipinski definition) is 1. The molecule has 0 saturated carbocycles. The number of carbonyl (C=O) groups excluding carboxylic acids is 2. The fraction of sp³-hybridized carbons (Fsp3) is 0.654. The first-order valence-electron chi connectivity index (χ1n) is 13.4. The second kappa shape index (κ2) is 11.5. The highest BCUT2D eigenvalue weighted by molar-refractivity contribution is 7.86. The monoisotopic (exact) mass is 563 g/mol. The summed E-state index contributed by atoms with van der Waals surface area (Å²) >= 11 is 6.07. The maximum atomic E-state index is 13.6. The summed E-state index contributed by atoms with van der Waals surface area (Å²) in [5.74, 6) is -1.15. The minimum Gasteiger partial charge on any atom is -0.376 e. The Morgan fingerprint density at radius 2 is 1.76 bits per heavy atom. The molecule has 1 aromatic rings. The summed E-state index contributed by atoms with van der Waals surface area (Å²) in [5, 5.41) is 12.8. The van der Waals surface area contributed by atoms with Gasteiger partial charge in [-0.15, -0.1) is 0 Å². The van der Waals surface area contributed by atoms with E-state index in [0.717, 1.165) is 18.4 Å². The molecule has 4 saturated heterocycles. The molecular weight excluding hydrogens is 530 g/mol. The number of nitriles is 1. The molecule has 0 spiro atoms. The van der Waals surface area contributed by atoms with E-state index >= 15 is 0 Å². The van der Waals surface area contributed by atoms with Crippen molar-refractivity contribution in [3.8, 4) is 6.07 Å². The first-order chi connectivity index (χ1) is 18.3. The van der Waals surface area contributed by atoms with Crippen molar-refractivity contribution in [2.45, 2.75) is 56.7 Å². The first-order valence-corrected chi connectivity index (χ1v) is 15.2. The normalized spacial score (nSPS) is 28.0. The topological polar surface area (TPSA) is 123 Å². The summed E-state index contributed by atoms with van der Waals surface area (Å²) in [6.07, 6.45) is 4.05. The molecule has 4 aliphatic rings. The minimum atomic E-state index is -3.71. The molecule has 4 atom stereocenters. The van der Waals surface area contributed by atoms with Gasteiger partial charge in [-0.25, -0.2) is 0 Å². The summed E-state index contributed by atoms with van der Waals surface area (Å²) < 4.78 is 34.6. The van der Waals surface area contributed by atoms with Gasteiger partial charge in [-0.3, -0.25) is 9.59 Å². The Kier molecular flexibility index (Phi) is 8.26. The maximum absolute atomic E-state index is 13.6. The van der Waals surface area contributed by atoms with Crippen LogP contribution in [-0.4, -0.2) is 85.2 Å². The van der Waals surface area contributed by atoms with Gasteiger partial charge in [0.05, 0.1) is 30.1 Å². The number of ether oxygens (including phenoxy) is 1. The van der Waals surface area contributed by atoms with Crippen LogP contribution in [0.15, 0.2) is 24.3 Å².